The molecule has 1 atom stereocenters. The van der Waals surface area contributed by atoms with Gasteiger partial charge in [-0.2, -0.15) is 0 Å². The van der Waals surface area contributed by atoms with Crippen molar-refractivity contribution in [1.82, 2.24) is 9.97 Å². The lowest BCUT2D eigenvalue weighted by Gasteiger charge is -2.40. The zero-order valence-electron chi connectivity index (χ0n) is 14.3. The summed E-state index contributed by atoms with van der Waals surface area (Å²) < 4.78 is 43.5. The average Bonchev–Trinajstić information content (AvgIpc) is 2.88. The molecule has 5 nitrogen and oxygen atoms in total. The zero-order valence-corrected chi connectivity index (χ0v) is 15.8. The summed E-state index contributed by atoms with van der Waals surface area (Å²) in [7, 11) is -3.46. The third-order valence-electron chi connectivity index (χ3n) is 4.52. The second kappa shape index (κ2) is 6.37. The Hall–Kier alpha value is -1.44. The van der Waals surface area contributed by atoms with Crippen LogP contribution in [0.5, 0.6) is 0 Å². The average molecular weight is 387 g/mol. The Morgan fingerprint density at radius 2 is 2.08 bits per heavy atom. The van der Waals surface area contributed by atoms with Crippen molar-refractivity contribution in [3.05, 3.63) is 46.1 Å². The first-order valence-electron chi connectivity index (χ1n) is 7.98. The van der Waals surface area contributed by atoms with Crippen molar-refractivity contribution in [2.24, 2.45) is 0 Å². The summed E-state index contributed by atoms with van der Waals surface area (Å²) in [5.74, 6) is -0.153. The fourth-order valence-corrected chi connectivity index (χ4v) is 4.05. The molecule has 1 N–H and O–H groups in total. The maximum Gasteiger partial charge on any atom is 0.194 e. The van der Waals surface area contributed by atoms with Crippen LogP contribution in [0.25, 0.3) is 0 Å². The molecule has 0 radical (unpaired) electrons. The fourth-order valence-electron chi connectivity index (χ4n) is 2.99. The van der Waals surface area contributed by atoms with Crippen molar-refractivity contribution in [3.63, 3.8) is 0 Å². The SMILES string of the molecule is Cc1[nH]c([C@H](OC2(C)CCC2)c2ccc(F)c(Cl)c2)nc1S(C)(=O)=O. The highest BCUT2D eigenvalue weighted by molar-refractivity contribution is 7.90. The predicted molar refractivity (Wildman–Crippen MR) is 93.0 cm³/mol. The molecule has 25 heavy (non-hydrogen) atoms. The molecule has 136 valence electrons. The first kappa shape index (κ1) is 18.4. The first-order valence-corrected chi connectivity index (χ1v) is 10.3. The van der Waals surface area contributed by atoms with E-state index < -0.39 is 21.8 Å². The summed E-state index contributed by atoms with van der Waals surface area (Å²) >= 11 is 5.92. The van der Waals surface area contributed by atoms with Crippen molar-refractivity contribution in [1.29, 1.82) is 0 Å². The van der Waals surface area contributed by atoms with E-state index in [1.165, 1.54) is 12.1 Å². The third-order valence-corrected chi connectivity index (χ3v) is 5.91. The Morgan fingerprint density at radius 3 is 2.56 bits per heavy atom. The van der Waals surface area contributed by atoms with Crippen molar-refractivity contribution in [3.8, 4) is 0 Å². The first-order chi connectivity index (χ1) is 11.6. The van der Waals surface area contributed by atoms with Gasteiger partial charge in [0.05, 0.1) is 16.3 Å². The number of halogens is 2. The molecule has 1 aromatic carbocycles. The fraction of sp³-hybridized carbons (Fsp3) is 0.471. The van der Waals surface area contributed by atoms with Crippen LogP contribution in [-0.4, -0.2) is 30.2 Å². The van der Waals surface area contributed by atoms with Gasteiger partial charge in [0, 0.05) is 6.26 Å². The zero-order chi connectivity index (χ0) is 18.4. The molecule has 0 spiro atoms. The molecule has 3 rings (SSSR count). The van der Waals surface area contributed by atoms with Gasteiger partial charge in [-0.15, -0.1) is 0 Å². The Kier molecular flexibility index (Phi) is 4.68. The molecule has 8 heteroatoms. The molecule has 1 heterocycles. The van der Waals surface area contributed by atoms with Crippen LogP contribution in [0.4, 0.5) is 4.39 Å². The van der Waals surface area contributed by atoms with Crippen LogP contribution >= 0.6 is 11.6 Å². The molecular weight excluding hydrogens is 367 g/mol. The number of benzene rings is 1. The molecule has 1 aliphatic carbocycles. The number of ether oxygens (including phenoxy) is 1. The van der Waals surface area contributed by atoms with Gasteiger partial charge in [0.1, 0.15) is 17.7 Å². The monoisotopic (exact) mass is 386 g/mol. The largest absolute Gasteiger partial charge is 0.359 e. The number of aryl methyl sites for hydroxylation is 1. The van der Waals surface area contributed by atoms with E-state index in [4.69, 9.17) is 16.3 Å². The number of imidazole rings is 1. The Balaban J connectivity index is 2.06. The van der Waals surface area contributed by atoms with Gasteiger partial charge in [-0.3, -0.25) is 0 Å². The highest BCUT2D eigenvalue weighted by Gasteiger charge is 2.37. The quantitative estimate of drug-likeness (QED) is 0.844. The minimum atomic E-state index is -3.46. The second-order valence-corrected chi connectivity index (χ2v) is 9.14. The third kappa shape index (κ3) is 3.73. The summed E-state index contributed by atoms with van der Waals surface area (Å²) in [5, 5.41) is -0.0282. The lowest BCUT2D eigenvalue weighted by atomic mass is 9.81. The lowest BCUT2D eigenvalue weighted by Crippen LogP contribution is -2.38. The number of aromatic amines is 1. The number of hydrogen-bond acceptors (Lipinski definition) is 4. The summed E-state index contributed by atoms with van der Waals surface area (Å²) in [4.78, 5) is 7.25. The van der Waals surface area contributed by atoms with Crippen molar-refractivity contribution < 1.29 is 17.5 Å². The van der Waals surface area contributed by atoms with Gasteiger partial charge >= 0.3 is 0 Å². The van der Waals surface area contributed by atoms with E-state index in [1.54, 1.807) is 13.0 Å². The van der Waals surface area contributed by atoms with E-state index in [-0.39, 0.29) is 15.6 Å². The van der Waals surface area contributed by atoms with E-state index in [9.17, 15) is 12.8 Å². The smallest absolute Gasteiger partial charge is 0.194 e. The summed E-state index contributed by atoms with van der Waals surface area (Å²) in [6.07, 6.45) is 3.32. The molecule has 0 aliphatic heterocycles. The number of rotatable bonds is 5. The van der Waals surface area contributed by atoms with Crippen LogP contribution in [0.15, 0.2) is 23.2 Å². The van der Waals surface area contributed by atoms with E-state index in [0.717, 1.165) is 25.5 Å². The number of H-pyrrole nitrogens is 1. The highest BCUT2D eigenvalue weighted by Crippen LogP contribution is 2.41. The minimum Gasteiger partial charge on any atom is -0.359 e. The molecule has 1 fully saturated rings. The maximum atomic E-state index is 13.5. The minimum absolute atomic E-state index is 0.0110. The molecule has 2 aromatic rings. The molecular formula is C17H20ClFN2O3S. The van der Waals surface area contributed by atoms with E-state index >= 15 is 0 Å². The summed E-state index contributed by atoms with van der Waals surface area (Å²) in [6.45, 7) is 3.65. The molecule has 0 bridgehead atoms. The van der Waals surface area contributed by atoms with Crippen molar-refractivity contribution >= 4 is 21.4 Å². The standard InChI is InChI=1S/C17H20ClFN2O3S/c1-10-16(25(3,22)23)21-15(20-10)14(24-17(2)7-4-8-17)11-5-6-13(19)12(18)9-11/h5-6,9,14H,4,7-8H2,1-3H3,(H,20,21)/t14-/m1/s1. The highest BCUT2D eigenvalue weighted by atomic mass is 35.5. The molecule has 0 unspecified atom stereocenters. The van der Waals surface area contributed by atoms with Gasteiger partial charge in [-0.25, -0.2) is 17.8 Å². The molecule has 1 aliphatic rings. The van der Waals surface area contributed by atoms with Gasteiger partial charge in [-0.1, -0.05) is 17.7 Å². The Bertz CT molecular complexity index is 907. The van der Waals surface area contributed by atoms with Gasteiger partial charge < -0.3 is 9.72 Å². The van der Waals surface area contributed by atoms with Crippen molar-refractivity contribution in [2.45, 2.75) is 49.8 Å². The number of aromatic nitrogens is 2. The normalized spacial score (nSPS) is 18.0. The Morgan fingerprint density at radius 1 is 1.40 bits per heavy atom. The van der Waals surface area contributed by atoms with E-state index in [1.807, 2.05) is 6.92 Å². The van der Waals surface area contributed by atoms with Gasteiger partial charge in [0.2, 0.25) is 0 Å². The second-order valence-electron chi connectivity index (χ2n) is 6.80. The molecule has 1 aromatic heterocycles. The Labute approximate surface area is 151 Å². The van der Waals surface area contributed by atoms with Crippen LogP contribution < -0.4 is 0 Å². The van der Waals surface area contributed by atoms with Crippen LogP contribution in [0.1, 0.15) is 49.4 Å². The van der Waals surface area contributed by atoms with Crippen molar-refractivity contribution in [2.75, 3.05) is 6.26 Å². The molecule has 0 saturated heterocycles. The summed E-state index contributed by atoms with van der Waals surface area (Å²) in [6, 6.07) is 4.33. The van der Waals surface area contributed by atoms with Crippen LogP contribution in [0.3, 0.4) is 0 Å². The lowest BCUT2D eigenvalue weighted by molar-refractivity contribution is -0.118. The van der Waals surface area contributed by atoms with Crippen LogP contribution in [0, 0.1) is 12.7 Å². The van der Waals surface area contributed by atoms with Crippen LogP contribution in [0.2, 0.25) is 5.02 Å². The summed E-state index contributed by atoms with van der Waals surface area (Å²) in [5.41, 5.74) is 0.740. The van der Waals surface area contributed by atoms with Gasteiger partial charge in [0.25, 0.3) is 0 Å². The predicted octanol–water partition coefficient (Wildman–Crippen LogP) is 3.96. The number of hydrogen-bond donors (Lipinski definition) is 1. The van der Waals surface area contributed by atoms with Gasteiger partial charge in [0.15, 0.2) is 14.9 Å². The number of sulfone groups is 1. The van der Waals surface area contributed by atoms with Crippen LogP contribution in [-0.2, 0) is 14.6 Å². The molecule has 1 saturated carbocycles. The maximum absolute atomic E-state index is 13.5. The van der Waals surface area contributed by atoms with E-state index in [0.29, 0.717) is 17.1 Å². The number of nitrogens with one attached hydrogen (secondary N) is 1. The van der Waals surface area contributed by atoms with E-state index in [2.05, 4.69) is 9.97 Å². The van der Waals surface area contributed by atoms with Gasteiger partial charge in [-0.05, 0) is 50.8 Å². The molecule has 0 amide bonds. The topological polar surface area (TPSA) is 72.0 Å². The number of nitrogens with zero attached hydrogens (tertiary/aromatic N) is 1.